The van der Waals surface area contributed by atoms with Gasteiger partial charge in [0.15, 0.2) is 14.9 Å². The number of pyridine rings is 1. The van der Waals surface area contributed by atoms with Crippen LogP contribution in [0.1, 0.15) is 20.8 Å². The highest BCUT2D eigenvalue weighted by atomic mass is 32.2. The summed E-state index contributed by atoms with van der Waals surface area (Å²) in [6.45, 7) is 5.26. The van der Waals surface area contributed by atoms with E-state index in [4.69, 9.17) is 10.5 Å². The molecule has 0 radical (unpaired) electrons. The first-order chi connectivity index (χ1) is 7.35. The van der Waals surface area contributed by atoms with Crippen LogP contribution in [0.25, 0.3) is 0 Å². The zero-order valence-electron chi connectivity index (χ0n) is 9.60. The molecule has 0 saturated carbocycles. The van der Waals surface area contributed by atoms with Gasteiger partial charge in [0.1, 0.15) is 11.6 Å². The van der Waals surface area contributed by atoms with Crippen LogP contribution in [0.4, 0.5) is 5.82 Å². The van der Waals surface area contributed by atoms with Gasteiger partial charge in [0.2, 0.25) is 0 Å². The summed E-state index contributed by atoms with van der Waals surface area (Å²) in [5.41, 5.74) is 5.53. The highest BCUT2D eigenvalue weighted by molar-refractivity contribution is 7.91. The smallest absolute Gasteiger partial charge is 0.195 e. The predicted octanol–water partition coefficient (Wildman–Crippen LogP) is 1.24. The molecule has 0 aliphatic rings. The summed E-state index contributed by atoms with van der Waals surface area (Å²) in [6, 6.07) is 2.91. The Hall–Kier alpha value is -1.30. The number of ether oxygens (including phenoxy) is 1. The summed E-state index contributed by atoms with van der Waals surface area (Å²) in [5, 5.41) is -0.0364. The third kappa shape index (κ3) is 3.10. The van der Waals surface area contributed by atoms with Crippen LogP contribution < -0.4 is 10.5 Å². The van der Waals surface area contributed by atoms with E-state index in [0.29, 0.717) is 5.75 Å². The fourth-order valence-electron chi connectivity index (χ4n) is 1.15. The Bertz CT molecular complexity index is 469. The Morgan fingerprint density at radius 3 is 2.56 bits per heavy atom. The van der Waals surface area contributed by atoms with Gasteiger partial charge in [-0.05, 0) is 13.8 Å². The Kier molecular flexibility index (Phi) is 3.74. The second-order valence-electron chi connectivity index (χ2n) is 3.64. The van der Waals surface area contributed by atoms with Crippen LogP contribution in [-0.4, -0.2) is 25.3 Å². The molecule has 0 amide bonds. The van der Waals surface area contributed by atoms with Crippen LogP contribution in [0, 0.1) is 0 Å². The molecule has 0 unspecified atom stereocenters. The largest absolute Gasteiger partial charge is 0.491 e. The molecule has 0 atom stereocenters. The molecule has 1 aromatic heterocycles. The Morgan fingerprint density at radius 1 is 1.44 bits per heavy atom. The predicted molar refractivity (Wildman–Crippen MR) is 62.1 cm³/mol. The van der Waals surface area contributed by atoms with Crippen molar-refractivity contribution in [1.82, 2.24) is 4.98 Å². The maximum absolute atomic E-state index is 11.6. The molecule has 0 aliphatic carbocycles. The van der Waals surface area contributed by atoms with E-state index in [1.165, 1.54) is 12.1 Å². The highest BCUT2D eigenvalue weighted by Gasteiger charge is 2.15. The number of hydrogen-bond donors (Lipinski definition) is 1. The molecule has 0 bridgehead atoms. The minimum atomic E-state index is -3.35. The topological polar surface area (TPSA) is 82.3 Å². The van der Waals surface area contributed by atoms with Crippen molar-refractivity contribution in [1.29, 1.82) is 0 Å². The lowest BCUT2D eigenvalue weighted by molar-refractivity contribution is 0.241. The fraction of sp³-hybridized carbons (Fsp3) is 0.500. The van der Waals surface area contributed by atoms with Gasteiger partial charge in [-0.1, -0.05) is 6.92 Å². The SMILES string of the molecule is CCS(=O)(=O)c1cc(OC(C)C)cc(N)n1. The summed E-state index contributed by atoms with van der Waals surface area (Å²) in [6.07, 6.45) is -0.0426. The molecule has 1 aromatic rings. The first-order valence-electron chi connectivity index (χ1n) is 5.02. The number of aromatic nitrogens is 1. The van der Waals surface area contributed by atoms with Gasteiger partial charge in [-0.3, -0.25) is 0 Å². The summed E-state index contributed by atoms with van der Waals surface area (Å²) < 4.78 is 28.6. The molecular weight excluding hydrogens is 228 g/mol. The lowest BCUT2D eigenvalue weighted by atomic mass is 10.4. The molecule has 0 saturated heterocycles. The third-order valence-corrected chi connectivity index (χ3v) is 3.47. The molecule has 1 rings (SSSR count). The average molecular weight is 244 g/mol. The number of rotatable bonds is 4. The van der Waals surface area contributed by atoms with E-state index in [1.807, 2.05) is 13.8 Å². The lowest BCUT2D eigenvalue weighted by Gasteiger charge is -2.11. The van der Waals surface area contributed by atoms with Gasteiger partial charge in [-0.25, -0.2) is 13.4 Å². The lowest BCUT2D eigenvalue weighted by Crippen LogP contribution is -2.10. The van der Waals surface area contributed by atoms with Crippen molar-refractivity contribution in [2.24, 2.45) is 0 Å². The molecule has 0 aliphatic heterocycles. The first-order valence-corrected chi connectivity index (χ1v) is 6.67. The van der Waals surface area contributed by atoms with Gasteiger partial charge in [0, 0.05) is 12.1 Å². The van der Waals surface area contributed by atoms with Gasteiger partial charge in [0.05, 0.1) is 11.9 Å². The maximum Gasteiger partial charge on any atom is 0.195 e. The monoisotopic (exact) mass is 244 g/mol. The summed E-state index contributed by atoms with van der Waals surface area (Å²) in [7, 11) is -3.35. The van der Waals surface area contributed by atoms with Gasteiger partial charge < -0.3 is 10.5 Å². The normalized spacial score (nSPS) is 11.8. The second kappa shape index (κ2) is 4.69. The standard InChI is InChI=1S/C10H16N2O3S/c1-4-16(13,14)10-6-8(15-7(2)3)5-9(11)12-10/h5-7H,4H2,1-3H3,(H2,11,12). The summed E-state index contributed by atoms with van der Waals surface area (Å²) in [5.74, 6) is 0.560. The van der Waals surface area contributed by atoms with Crippen LogP contribution in [0.3, 0.4) is 0 Å². The summed E-state index contributed by atoms with van der Waals surface area (Å²) >= 11 is 0. The number of hydrogen-bond acceptors (Lipinski definition) is 5. The molecule has 0 aromatic carbocycles. The van der Waals surface area contributed by atoms with Crippen LogP contribution in [-0.2, 0) is 9.84 Å². The maximum atomic E-state index is 11.6. The van der Waals surface area contributed by atoms with Gasteiger partial charge in [-0.15, -0.1) is 0 Å². The molecule has 0 fully saturated rings. The van der Waals surface area contributed by atoms with Crippen molar-refractivity contribution in [3.63, 3.8) is 0 Å². The number of nitrogen functional groups attached to an aromatic ring is 1. The molecule has 6 heteroatoms. The van der Waals surface area contributed by atoms with E-state index in [9.17, 15) is 8.42 Å². The van der Waals surface area contributed by atoms with Crippen molar-refractivity contribution in [3.8, 4) is 5.75 Å². The van der Waals surface area contributed by atoms with Crippen molar-refractivity contribution >= 4 is 15.7 Å². The third-order valence-electron chi connectivity index (χ3n) is 1.87. The van der Waals surface area contributed by atoms with Crippen LogP contribution in [0.2, 0.25) is 0 Å². The van der Waals surface area contributed by atoms with Gasteiger partial charge in [0.25, 0.3) is 0 Å². The van der Waals surface area contributed by atoms with E-state index in [0.717, 1.165) is 0 Å². The zero-order chi connectivity index (χ0) is 12.3. The van der Waals surface area contributed by atoms with Crippen LogP contribution in [0.5, 0.6) is 5.75 Å². The Labute approximate surface area is 95.6 Å². The summed E-state index contributed by atoms with van der Waals surface area (Å²) in [4.78, 5) is 3.79. The zero-order valence-corrected chi connectivity index (χ0v) is 10.4. The van der Waals surface area contributed by atoms with Crippen molar-refractivity contribution < 1.29 is 13.2 Å². The van der Waals surface area contributed by atoms with Crippen molar-refractivity contribution in [3.05, 3.63) is 12.1 Å². The van der Waals surface area contributed by atoms with E-state index < -0.39 is 9.84 Å². The highest BCUT2D eigenvalue weighted by Crippen LogP contribution is 2.20. The van der Waals surface area contributed by atoms with E-state index in [-0.39, 0.29) is 22.7 Å². The number of nitrogens with two attached hydrogens (primary N) is 1. The second-order valence-corrected chi connectivity index (χ2v) is 5.86. The van der Waals surface area contributed by atoms with Crippen molar-refractivity contribution in [2.45, 2.75) is 31.9 Å². The minimum Gasteiger partial charge on any atom is -0.491 e. The van der Waals surface area contributed by atoms with Gasteiger partial charge in [-0.2, -0.15) is 0 Å². The number of sulfone groups is 1. The molecule has 90 valence electrons. The minimum absolute atomic E-state index is 0.00935. The van der Waals surface area contributed by atoms with Crippen LogP contribution >= 0.6 is 0 Å². The first kappa shape index (κ1) is 12.8. The molecule has 0 spiro atoms. The molecule has 1 heterocycles. The molecule has 5 nitrogen and oxygen atoms in total. The number of nitrogens with zero attached hydrogens (tertiary/aromatic N) is 1. The van der Waals surface area contributed by atoms with Crippen LogP contribution in [0.15, 0.2) is 17.2 Å². The average Bonchev–Trinajstić information content (AvgIpc) is 2.15. The quantitative estimate of drug-likeness (QED) is 0.861. The van der Waals surface area contributed by atoms with E-state index in [1.54, 1.807) is 6.92 Å². The van der Waals surface area contributed by atoms with Gasteiger partial charge >= 0.3 is 0 Å². The van der Waals surface area contributed by atoms with Crippen molar-refractivity contribution in [2.75, 3.05) is 11.5 Å². The Morgan fingerprint density at radius 2 is 2.06 bits per heavy atom. The molecular formula is C10H16N2O3S. The van der Waals surface area contributed by atoms with E-state index >= 15 is 0 Å². The molecule has 2 N–H and O–H groups in total. The molecule has 16 heavy (non-hydrogen) atoms. The van der Waals surface area contributed by atoms with E-state index in [2.05, 4.69) is 4.98 Å². The fourth-order valence-corrected chi connectivity index (χ4v) is 1.98. The number of anilines is 1. The Balaban J connectivity index is 3.18.